The quantitative estimate of drug-likeness (QED) is 0.729. The van der Waals surface area contributed by atoms with Crippen LogP contribution in [0.5, 0.6) is 5.88 Å². The van der Waals surface area contributed by atoms with Crippen molar-refractivity contribution in [1.82, 2.24) is 15.4 Å². The molecule has 1 amide bonds. The lowest BCUT2D eigenvalue weighted by molar-refractivity contribution is 0.0962. The molecule has 0 atom stereocenters. The SMILES string of the molecule is Cc1ccccc1C(=O)NNc1ncnc(OC(C)C)c1N. The molecule has 7 nitrogen and oxygen atoms in total. The van der Waals surface area contributed by atoms with Crippen LogP contribution in [0.25, 0.3) is 0 Å². The first kappa shape index (κ1) is 15.6. The molecule has 4 N–H and O–H groups in total. The van der Waals surface area contributed by atoms with E-state index in [1.807, 2.05) is 32.9 Å². The Bertz CT molecular complexity index is 673. The Kier molecular flexibility index (Phi) is 4.77. The van der Waals surface area contributed by atoms with Gasteiger partial charge < -0.3 is 10.5 Å². The van der Waals surface area contributed by atoms with E-state index in [1.165, 1.54) is 6.33 Å². The molecule has 1 aromatic carbocycles. The van der Waals surface area contributed by atoms with E-state index in [1.54, 1.807) is 12.1 Å². The number of hydrogen-bond donors (Lipinski definition) is 3. The fourth-order valence-corrected chi connectivity index (χ4v) is 1.81. The Balaban J connectivity index is 2.09. The van der Waals surface area contributed by atoms with Crippen molar-refractivity contribution < 1.29 is 9.53 Å². The van der Waals surface area contributed by atoms with Crippen LogP contribution in [0.1, 0.15) is 29.8 Å². The highest BCUT2D eigenvalue weighted by atomic mass is 16.5. The molecule has 0 aliphatic carbocycles. The van der Waals surface area contributed by atoms with E-state index >= 15 is 0 Å². The zero-order valence-electron chi connectivity index (χ0n) is 12.8. The van der Waals surface area contributed by atoms with Crippen molar-refractivity contribution in [3.63, 3.8) is 0 Å². The molecule has 0 bridgehead atoms. The third kappa shape index (κ3) is 3.63. The predicted molar refractivity (Wildman–Crippen MR) is 84.5 cm³/mol. The van der Waals surface area contributed by atoms with Gasteiger partial charge in [-0.05, 0) is 32.4 Å². The lowest BCUT2D eigenvalue weighted by Gasteiger charge is -2.14. The third-order valence-corrected chi connectivity index (χ3v) is 2.88. The molecule has 1 heterocycles. The van der Waals surface area contributed by atoms with E-state index in [4.69, 9.17) is 10.5 Å². The highest BCUT2D eigenvalue weighted by molar-refractivity contribution is 5.96. The molecular formula is C15H19N5O2. The number of carbonyl (C=O) groups excluding carboxylic acids is 1. The molecule has 0 saturated heterocycles. The van der Waals surface area contributed by atoms with Gasteiger partial charge >= 0.3 is 0 Å². The molecule has 0 aliphatic rings. The van der Waals surface area contributed by atoms with Crippen LogP contribution in [0, 0.1) is 6.92 Å². The second-order valence-electron chi connectivity index (χ2n) is 5.00. The lowest BCUT2D eigenvalue weighted by Crippen LogP contribution is -2.31. The topological polar surface area (TPSA) is 102 Å². The molecule has 0 radical (unpaired) electrons. The second kappa shape index (κ2) is 6.75. The number of nitrogens with zero attached hydrogens (tertiary/aromatic N) is 2. The lowest BCUT2D eigenvalue weighted by atomic mass is 10.1. The van der Waals surface area contributed by atoms with Crippen molar-refractivity contribution in [2.45, 2.75) is 26.9 Å². The standard InChI is InChI=1S/C15H19N5O2/c1-9(2)22-15-12(16)13(17-8-18-15)19-20-14(21)11-7-5-4-6-10(11)3/h4-9H,16H2,1-3H3,(H,20,21)(H,17,18,19). The van der Waals surface area contributed by atoms with Crippen LogP contribution in [0.2, 0.25) is 0 Å². The Morgan fingerprint density at radius 2 is 2.00 bits per heavy atom. The molecule has 2 aromatic rings. The molecule has 7 heteroatoms. The summed E-state index contributed by atoms with van der Waals surface area (Å²) in [6, 6.07) is 7.28. The molecule has 0 spiro atoms. The van der Waals surface area contributed by atoms with Gasteiger partial charge in [-0.2, -0.15) is 4.98 Å². The number of ether oxygens (including phenoxy) is 1. The normalized spacial score (nSPS) is 10.4. The van der Waals surface area contributed by atoms with Crippen LogP contribution in [0.4, 0.5) is 11.5 Å². The summed E-state index contributed by atoms with van der Waals surface area (Å²) in [5, 5.41) is 0. The predicted octanol–water partition coefficient (Wildman–Crippen LogP) is 1.91. The van der Waals surface area contributed by atoms with Crippen molar-refractivity contribution in [2.75, 3.05) is 11.2 Å². The molecular weight excluding hydrogens is 282 g/mol. The van der Waals surface area contributed by atoms with Crippen molar-refractivity contribution >= 4 is 17.4 Å². The number of anilines is 2. The second-order valence-corrected chi connectivity index (χ2v) is 5.00. The minimum atomic E-state index is -0.276. The number of aryl methyl sites for hydroxylation is 1. The summed E-state index contributed by atoms with van der Waals surface area (Å²) in [6.07, 6.45) is 1.25. The molecule has 2 rings (SSSR count). The van der Waals surface area contributed by atoms with Crippen LogP contribution in [0.3, 0.4) is 0 Å². The number of benzene rings is 1. The van der Waals surface area contributed by atoms with Gasteiger partial charge in [0.05, 0.1) is 6.10 Å². The molecule has 22 heavy (non-hydrogen) atoms. The minimum Gasteiger partial charge on any atom is -0.473 e. The number of nitrogens with one attached hydrogen (secondary N) is 2. The maximum Gasteiger partial charge on any atom is 0.269 e. The van der Waals surface area contributed by atoms with E-state index in [9.17, 15) is 4.79 Å². The smallest absolute Gasteiger partial charge is 0.269 e. The Labute approximate surface area is 128 Å². The first-order valence-corrected chi connectivity index (χ1v) is 6.88. The van der Waals surface area contributed by atoms with Crippen molar-refractivity contribution in [2.24, 2.45) is 0 Å². The number of hydrazine groups is 1. The van der Waals surface area contributed by atoms with Crippen LogP contribution >= 0.6 is 0 Å². The summed E-state index contributed by atoms with van der Waals surface area (Å²) in [7, 11) is 0. The zero-order chi connectivity index (χ0) is 16.1. The summed E-state index contributed by atoms with van der Waals surface area (Å²) >= 11 is 0. The molecule has 0 saturated carbocycles. The van der Waals surface area contributed by atoms with E-state index in [2.05, 4.69) is 20.8 Å². The average Bonchev–Trinajstić information content (AvgIpc) is 2.48. The summed E-state index contributed by atoms with van der Waals surface area (Å²) in [5.41, 5.74) is 12.9. The maximum atomic E-state index is 12.1. The summed E-state index contributed by atoms with van der Waals surface area (Å²) in [6.45, 7) is 5.60. The zero-order valence-corrected chi connectivity index (χ0v) is 12.8. The Hall–Kier alpha value is -2.83. The number of nitrogen functional groups attached to an aromatic ring is 1. The van der Waals surface area contributed by atoms with Gasteiger partial charge in [-0.25, -0.2) is 4.98 Å². The van der Waals surface area contributed by atoms with Gasteiger partial charge in [-0.3, -0.25) is 15.6 Å². The monoisotopic (exact) mass is 301 g/mol. The number of nitrogens with two attached hydrogens (primary N) is 1. The van der Waals surface area contributed by atoms with E-state index < -0.39 is 0 Å². The van der Waals surface area contributed by atoms with Crippen molar-refractivity contribution in [3.8, 4) is 5.88 Å². The van der Waals surface area contributed by atoms with Gasteiger partial charge in [-0.15, -0.1) is 0 Å². The van der Waals surface area contributed by atoms with Gasteiger partial charge in [0.2, 0.25) is 5.88 Å². The van der Waals surface area contributed by atoms with Gasteiger partial charge in [-0.1, -0.05) is 18.2 Å². The van der Waals surface area contributed by atoms with Crippen LogP contribution in [-0.2, 0) is 0 Å². The summed E-state index contributed by atoms with van der Waals surface area (Å²) in [5.74, 6) is 0.285. The summed E-state index contributed by atoms with van der Waals surface area (Å²) in [4.78, 5) is 20.1. The highest BCUT2D eigenvalue weighted by Gasteiger charge is 2.12. The molecule has 0 fully saturated rings. The first-order chi connectivity index (χ1) is 10.5. The minimum absolute atomic E-state index is 0.0633. The fraction of sp³-hybridized carbons (Fsp3) is 0.267. The van der Waals surface area contributed by atoms with Crippen LogP contribution in [-0.4, -0.2) is 22.0 Å². The van der Waals surface area contributed by atoms with E-state index in [0.29, 0.717) is 5.56 Å². The van der Waals surface area contributed by atoms with E-state index in [-0.39, 0.29) is 29.4 Å². The van der Waals surface area contributed by atoms with Gasteiger partial charge in [0.1, 0.15) is 12.0 Å². The molecule has 0 unspecified atom stereocenters. The van der Waals surface area contributed by atoms with Crippen LogP contribution in [0.15, 0.2) is 30.6 Å². The largest absolute Gasteiger partial charge is 0.473 e. The summed E-state index contributed by atoms with van der Waals surface area (Å²) < 4.78 is 5.47. The van der Waals surface area contributed by atoms with Crippen LogP contribution < -0.4 is 21.3 Å². The molecule has 0 aliphatic heterocycles. The molecule has 1 aromatic heterocycles. The number of aromatic nitrogens is 2. The third-order valence-electron chi connectivity index (χ3n) is 2.88. The Morgan fingerprint density at radius 3 is 2.68 bits per heavy atom. The van der Waals surface area contributed by atoms with E-state index in [0.717, 1.165) is 5.56 Å². The fourth-order valence-electron chi connectivity index (χ4n) is 1.81. The number of hydrogen-bond acceptors (Lipinski definition) is 6. The highest BCUT2D eigenvalue weighted by Crippen LogP contribution is 2.24. The number of amides is 1. The number of carbonyl (C=O) groups is 1. The van der Waals surface area contributed by atoms with Crippen molar-refractivity contribution in [1.29, 1.82) is 0 Å². The van der Waals surface area contributed by atoms with Gasteiger partial charge in [0.15, 0.2) is 5.82 Å². The first-order valence-electron chi connectivity index (χ1n) is 6.88. The van der Waals surface area contributed by atoms with Crippen molar-refractivity contribution in [3.05, 3.63) is 41.7 Å². The average molecular weight is 301 g/mol. The molecule has 116 valence electrons. The van der Waals surface area contributed by atoms with Gasteiger partial charge in [0, 0.05) is 5.56 Å². The Morgan fingerprint density at radius 1 is 1.27 bits per heavy atom. The number of rotatable bonds is 5. The van der Waals surface area contributed by atoms with Gasteiger partial charge in [0.25, 0.3) is 5.91 Å². The maximum absolute atomic E-state index is 12.1.